The Kier molecular flexibility index (Phi) is 5.73. The number of hydrazone groups is 1. The fraction of sp³-hybridized carbons (Fsp3) is 0.105. The van der Waals surface area contributed by atoms with Gasteiger partial charge >= 0.3 is 0 Å². The number of halogens is 1. The van der Waals surface area contributed by atoms with Gasteiger partial charge in [0.15, 0.2) is 0 Å². The lowest BCUT2D eigenvalue weighted by atomic mass is 10.2. The second-order valence-electron chi connectivity index (χ2n) is 5.40. The number of hydrogen-bond acceptors (Lipinski definition) is 6. The second-order valence-corrected chi connectivity index (χ2v) is 5.78. The van der Waals surface area contributed by atoms with Gasteiger partial charge in [0.1, 0.15) is 22.2 Å². The molecule has 0 atom stereocenters. The highest BCUT2D eigenvalue weighted by molar-refractivity contribution is 6.32. The van der Waals surface area contributed by atoms with Gasteiger partial charge in [-0.3, -0.25) is 10.2 Å². The zero-order valence-electron chi connectivity index (χ0n) is 14.7. The average molecular weight is 385 g/mol. The first kappa shape index (κ1) is 18.5. The number of nitrogens with one attached hydrogen (secondary N) is 1. The normalized spacial score (nSPS) is 10.8. The molecular weight excluding hydrogens is 368 g/mol. The SMILES string of the molecule is COc1ccc(OC)c(/C=N/Nc2cnn(-c3ccccc3)c(=O)c2Cl)c1. The molecule has 27 heavy (non-hydrogen) atoms. The van der Waals surface area contributed by atoms with Crippen LogP contribution in [0.3, 0.4) is 0 Å². The van der Waals surface area contributed by atoms with E-state index in [1.54, 1.807) is 50.8 Å². The molecule has 138 valence electrons. The van der Waals surface area contributed by atoms with E-state index in [2.05, 4.69) is 15.6 Å². The van der Waals surface area contributed by atoms with Gasteiger partial charge in [0, 0.05) is 5.56 Å². The second kappa shape index (κ2) is 8.37. The highest BCUT2D eigenvalue weighted by atomic mass is 35.5. The summed E-state index contributed by atoms with van der Waals surface area (Å²) in [6, 6.07) is 14.4. The molecule has 0 saturated heterocycles. The predicted molar refractivity (Wildman–Crippen MR) is 106 cm³/mol. The van der Waals surface area contributed by atoms with Crippen LogP contribution in [0.1, 0.15) is 5.56 Å². The Morgan fingerprint density at radius 1 is 1.15 bits per heavy atom. The lowest BCUT2D eigenvalue weighted by molar-refractivity contribution is 0.402. The number of para-hydroxylation sites is 1. The number of nitrogens with zero attached hydrogens (tertiary/aromatic N) is 3. The minimum Gasteiger partial charge on any atom is -0.497 e. The summed E-state index contributed by atoms with van der Waals surface area (Å²) in [5, 5.41) is 8.24. The Morgan fingerprint density at radius 2 is 1.93 bits per heavy atom. The quantitative estimate of drug-likeness (QED) is 0.521. The van der Waals surface area contributed by atoms with Crippen LogP contribution in [0.2, 0.25) is 5.02 Å². The van der Waals surface area contributed by atoms with E-state index in [-0.39, 0.29) is 5.02 Å². The van der Waals surface area contributed by atoms with Crippen molar-refractivity contribution in [3.63, 3.8) is 0 Å². The summed E-state index contributed by atoms with van der Waals surface area (Å²) in [5.74, 6) is 1.30. The van der Waals surface area contributed by atoms with Crippen LogP contribution in [0.4, 0.5) is 5.69 Å². The van der Waals surface area contributed by atoms with Gasteiger partial charge in [-0.1, -0.05) is 29.8 Å². The monoisotopic (exact) mass is 384 g/mol. The average Bonchev–Trinajstić information content (AvgIpc) is 2.71. The number of anilines is 1. The molecule has 0 aliphatic heterocycles. The van der Waals surface area contributed by atoms with E-state index in [0.29, 0.717) is 28.4 Å². The van der Waals surface area contributed by atoms with Crippen molar-refractivity contribution in [1.82, 2.24) is 9.78 Å². The van der Waals surface area contributed by atoms with Crippen LogP contribution in [-0.4, -0.2) is 30.2 Å². The molecule has 1 aromatic heterocycles. The Labute approximate surface area is 160 Å². The first-order valence-electron chi connectivity index (χ1n) is 7.98. The largest absolute Gasteiger partial charge is 0.497 e. The molecule has 1 heterocycles. The molecule has 0 bridgehead atoms. The maximum Gasteiger partial charge on any atom is 0.292 e. The van der Waals surface area contributed by atoms with Crippen molar-refractivity contribution >= 4 is 23.5 Å². The summed E-state index contributed by atoms with van der Waals surface area (Å²) in [6.07, 6.45) is 2.98. The van der Waals surface area contributed by atoms with Crippen LogP contribution in [0.5, 0.6) is 11.5 Å². The predicted octanol–water partition coefficient (Wildman–Crippen LogP) is 3.35. The van der Waals surface area contributed by atoms with Crippen molar-refractivity contribution in [3.8, 4) is 17.2 Å². The van der Waals surface area contributed by atoms with E-state index in [4.69, 9.17) is 21.1 Å². The van der Waals surface area contributed by atoms with E-state index in [9.17, 15) is 4.79 Å². The molecule has 0 aliphatic carbocycles. The van der Waals surface area contributed by atoms with Crippen molar-refractivity contribution in [2.45, 2.75) is 0 Å². The summed E-state index contributed by atoms with van der Waals surface area (Å²) < 4.78 is 11.7. The van der Waals surface area contributed by atoms with E-state index in [1.165, 1.54) is 10.9 Å². The molecule has 1 N–H and O–H groups in total. The topological polar surface area (TPSA) is 77.7 Å². The van der Waals surface area contributed by atoms with Crippen LogP contribution in [0.15, 0.2) is 64.6 Å². The molecule has 0 unspecified atom stereocenters. The molecule has 7 nitrogen and oxygen atoms in total. The molecule has 3 aromatic rings. The van der Waals surface area contributed by atoms with E-state index in [1.807, 2.05) is 18.2 Å². The van der Waals surface area contributed by atoms with Crippen molar-refractivity contribution in [2.24, 2.45) is 5.10 Å². The van der Waals surface area contributed by atoms with Crippen LogP contribution in [0, 0.1) is 0 Å². The Hall–Kier alpha value is -3.32. The summed E-state index contributed by atoms with van der Waals surface area (Å²) in [5.41, 5.74) is 3.92. The van der Waals surface area contributed by atoms with E-state index >= 15 is 0 Å². The zero-order valence-corrected chi connectivity index (χ0v) is 15.5. The van der Waals surface area contributed by atoms with Gasteiger partial charge in [-0.2, -0.15) is 14.9 Å². The summed E-state index contributed by atoms with van der Waals surface area (Å²) in [7, 11) is 3.14. The lowest BCUT2D eigenvalue weighted by Gasteiger charge is -2.08. The third-order valence-electron chi connectivity index (χ3n) is 3.75. The first-order chi connectivity index (χ1) is 13.1. The van der Waals surface area contributed by atoms with Crippen LogP contribution in [0.25, 0.3) is 5.69 Å². The fourth-order valence-electron chi connectivity index (χ4n) is 2.38. The Bertz CT molecular complexity index is 1020. The third kappa shape index (κ3) is 4.09. The van der Waals surface area contributed by atoms with Crippen LogP contribution in [-0.2, 0) is 0 Å². The number of rotatable bonds is 6. The molecular formula is C19H17ClN4O3. The van der Waals surface area contributed by atoms with Crippen LogP contribution < -0.4 is 20.5 Å². The molecule has 0 radical (unpaired) electrons. The standard InChI is InChI=1S/C19H17ClN4O3/c1-26-15-8-9-17(27-2)13(10-15)11-21-23-16-12-22-24(19(25)18(16)20)14-6-4-3-5-7-14/h3-12,23H,1-2H3/b21-11+. The summed E-state index contributed by atoms with van der Waals surface area (Å²) in [4.78, 5) is 12.4. The van der Waals surface area contributed by atoms with Gasteiger partial charge < -0.3 is 9.47 Å². The summed E-state index contributed by atoms with van der Waals surface area (Å²) in [6.45, 7) is 0. The molecule has 3 rings (SSSR count). The van der Waals surface area contributed by atoms with Gasteiger partial charge in [-0.15, -0.1) is 0 Å². The van der Waals surface area contributed by atoms with Gasteiger partial charge in [0.05, 0.1) is 32.3 Å². The number of aromatic nitrogens is 2. The number of ether oxygens (including phenoxy) is 2. The molecule has 0 fully saturated rings. The van der Waals surface area contributed by atoms with Crippen molar-refractivity contribution in [2.75, 3.05) is 19.6 Å². The molecule has 0 spiro atoms. The smallest absolute Gasteiger partial charge is 0.292 e. The molecule has 0 aliphatic rings. The minimum atomic E-state index is -0.443. The van der Waals surface area contributed by atoms with Gasteiger partial charge in [0.25, 0.3) is 5.56 Å². The Balaban J connectivity index is 1.84. The highest BCUT2D eigenvalue weighted by Gasteiger charge is 2.10. The minimum absolute atomic E-state index is 0.0105. The maximum absolute atomic E-state index is 12.4. The van der Waals surface area contributed by atoms with Crippen LogP contribution >= 0.6 is 11.6 Å². The van der Waals surface area contributed by atoms with E-state index in [0.717, 1.165) is 0 Å². The Morgan fingerprint density at radius 3 is 2.63 bits per heavy atom. The number of methoxy groups -OCH3 is 2. The van der Waals surface area contributed by atoms with Gasteiger partial charge in [-0.25, -0.2) is 0 Å². The molecule has 0 amide bonds. The zero-order chi connectivity index (χ0) is 19.2. The first-order valence-corrected chi connectivity index (χ1v) is 8.36. The number of hydrogen-bond donors (Lipinski definition) is 1. The molecule has 8 heteroatoms. The summed E-state index contributed by atoms with van der Waals surface area (Å²) >= 11 is 6.18. The lowest BCUT2D eigenvalue weighted by Crippen LogP contribution is -2.22. The van der Waals surface area contributed by atoms with Crippen molar-refractivity contribution in [3.05, 3.63) is 75.7 Å². The number of benzene rings is 2. The van der Waals surface area contributed by atoms with Gasteiger partial charge in [-0.05, 0) is 30.3 Å². The molecule has 0 saturated carbocycles. The van der Waals surface area contributed by atoms with Crippen molar-refractivity contribution in [1.29, 1.82) is 0 Å². The maximum atomic E-state index is 12.4. The van der Waals surface area contributed by atoms with Crippen molar-refractivity contribution < 1.29 is 9.47 Å². The highest BCUT2D eigenvalue weighted by Crippen LogP contribution is 2.22. The molecule has 2 aromatic carbocycles. The van der Waals surface area contributed by atoms with E-state index < -0.39 is 5.56 Å². The van der Waals surface area contributed by atoms with Gasteiger partial charge in [0.2, 0.25) is 0 Å². The fourth-order valence-corrected chi connectivity index (χ4v) is 2.55. The third-order valence-corrected chi connectivity index (χ3v) is 4.11.